The number of aliphatic hydroxyl groups is 1. The Kier molecular flexibility index (Phi) is 3.59. The van der Waals surface area contributed by atoms with Gasteiger partial charge < -0.3 is 19.2 Å². The molecule has 1 aromatic carbocycles. The van der Waals surface area contributed by atoms with Gasteiger partial charge in [-0.3, -0.25) is 4.90 Å². The lowest BCUT2D eigenvalue weighted by Crippen LogP contribution is -2.67. The first kappa shape index (κ1) is 17.0. The molecule has 0 saturated carbocycles. The molecule has 27 heavy (non-hydrogen) atoms. The number of fused-ring (bicyclic) bond motifs is 4. The van der Waals surface area contributed by atoms with E-state index in [2.05, 4.69) is 34.7 Å². The Balaban J connectivity index is 1.74. The molecular weight excluding hydrogens is 340 g/mol. The molecule has 1 N–H and O–H groups in total. The number of nitrogens with zero attached hydrogens (tertiary/aromatic N) is 2. The highest BCUT2D eigenvalue weighted by molar-refractivity contribution is 5.87. The van der Waals surface area contributed by atoms with Crippen LogP contribution in [0, 0.1) is 11.3 Å². The topological polar surface area (TPSA) is 54.7 Å². The van der Waals surface area contributed by atoms with Gasteiger partial charge in [0.05, 0.1) is 30.7 Å². The van der Waals surface area contributed by atoms with Crippen molar-refractivity contribution in [2.45, 2.75) is 31.8 Å². The van der Waals surface area contributed by atoms with E-state index in [9.17, 15) is 9.90 Å². The lowest BCUT2D eigenvalue weighted by Gasteiger charge is -2.62. The molecule has 2 aromatic rings. The van der Waals surface area contributed by atoms with E-state index in [0.29, 0.717) is 6.04 Å². The number of aromatic nitrogens is 1. The lowest BCUT2D eigenvalue weighted by molar-refractivity contribution is -0.147. The number of benzene rings is 1. The number of aliphatic hydroxyl groups excluding tert-OH is 1. The van der Waals surface area contributed by atoms with Crippen LogP contribution >= 0.6 is 0 Å². The van der Waals surface area contributed by atoms with E-state index in [0.717, 1.165) is 31.4 Å². The molecule has 5 heterocycles. The molecule has 5 atom stereocenters. The van der Waals surface area contributed by atoms with E-state index in [-0.39, 0.29) is 18.6 Å². The van der Waals surface area contributed by atoms with Crippen LogP contribution in [0.25, 0.3) is 10.9 Å². The number of carbonyl (C=O) groups is 1. The molecule has 5 heteroatoms. The third-order valence-corrected chi connectivity index (χ3v) is 7.48. The maximum Gasteiger partial charge on any atom is 0.130 e. The van der Waals surface area contributed by atoms with Crippen LogP contribution < -0.4 is 4.74 Å². The summed E-state index contributed by atoms with van der Waals surface area (Å²) < 4.78 is 7.74. The van der Waals surface area contributed by atoms with Gasteiger partial charge in [0.25, 0.3) is 0 Å². The number of hydrogen-bond donors (Lipinski definition) is 1. The number of aryl methyl sites for hydroxylation is 1. The van der Waals surface area contributed by atoms with Gasteiger partial charge in [0.15, 0.2) is 0 Å². The summed E-state index contributed by atoms with van der Waals surface area (Å²) in [6.07, 6.45) is 4.90. The van der Waals surface area contributed by atoms with Crippen molar-refractivity contribution in [3.8, 4) is 5.75 Å². The summed E-state index contributed by atoms with van der Waals surface area (Å²) in [6.45, 7) is 2.87. The van der Waals surface area contributed by atoms with Crippen molar-refractivity contribution in [2.24, 2.45) is 18.4 Å². The molecule has 3 fully saturated rings. The van der Waals surface area contributed by atoms with E-state index in [4.69, 9.17) is 4.74 Å². The molecule has 142 valence electrons. The molecule has 1 unspecified atom stereocenters. The van der Waals surface area contributed by atoms with Gasteiger partial charge in [0, 0.05) is 36.8 Å². The normalized spacial score (nSPS) is 35.5. The van der Waals surface area contributed by atoms with Gasteiger partial charge in [-0.05, 0) is 43.4 Å². The number of ether oxygens (including phenoxy) is 1. The minimum atomic E-state index is -0.692. The van der Waals surface area contributed by atoms with Crippen LogP contribution in [0.5, 0.6) is 5.75 Å². The summed E-state index contributed by atoms with van der Waals surface area (Å²) >= 11 is 0. The van der Waals surface area contributed by atoms with Crippen LogP contribution in [0.4, 0.5) is 0 Å². The highest BCUT2D eigenvalue weighted by Gasteiger charge is 2.61. The van der Waals surface area contributed by atoms with Gasteiger partial charge in [0.2, 0.25) is 0 Å². The van der Waals surface area contributed by atoms with Gasteiger partial charge in [-0.15, -0.1) is 0 Å². The fraction of sp³-hybridized carbons (Fsp3) is 0.500. The predicted octanol–water partition coefficient (Wildman–Crippen LogP) is 2.61. The number of methoxy groups -OCH3 is 1. The summed E-state index contributed by atoms with van der Waals surface area (Å²) in [5.41, 5.74) is 4.49. The van der Waals surface area contributed by atoms with Crippen LogP contribution in [0.2, 0.25) is 0 Å². The molecule has 0 amide bonds. The second-order valence-electron chi connectivity index (χ2n) is 8.25. The predicted molar refractivity (Wildman–Crippen MR) is 104 cm³/mol. The molecule has 5 nitrogen and oxygen atoms in total. The molecule has 4 aliphatic heterocycles. The van der Waals surface area contributed by atoms with E-state index in [1.54, 1.807) is 7.11 Å². The Morgan fingerprint density at radius 2 is 2.22 bits per heavy atom. The van der Waals surface area contributed by atoms with Crippen molar-refractivity contribution in [3.63, 3.8) is 0 Å². The fourth-order valence-electron chi connectivity index (χ4n) is 6.13. The van der Waals surface area contributed by atoms with Gasteiger partial charge in [-0.1, -0.05) is 11.6 Å². The third kappa shape index (κ3) is 1.94. The number of hydrogen-bond acceptors (Lipinski definition) is 4. The summed E-state index contributed by atoms with van der Waals surface area (Å²) in [4.78, 5) is 14.8. The molecule has 4 bridgehead atoms. The molecule has 6 rings (SSSR count). The standard InChI is InChI=1S/C22H26N2O3/c1-4-13-10-24-19-9-17(13)22(11-25,12-26)20(24)8-16-15-6-5-14(27-3)7-18(15)23(2)21(16)19/h4-7,11,17,19-20,26H,8-10,12H2,1-3H3/b13-4-/t17-,19-,20-,22+/m0/s1. The Morgan fingerprint density at radius 1 is 1.41 bits per heavy atom. The Hall–Kier alpha value is -2.11. The van der Waals surface area contributed by atoms with Crippen molar-refractivity contribution in [1.29, 1.82) is 0 Å². The zero-order valence-corrected chi connectivity index (χ0v) is 16.1. The monoisotopic (exact) mass is 366 g/mol. The number of rotatable bonds is 3. The fourth-order valence-corrected chi connectivity index (χ4v) is 6.13. The van der Waals surface area contributed by atoms with E-state index in [1.165, 1.54) is 27.7 Å². The highest BCUT2D eigenvalue weighted by atomic mass is 16.5. The molecule has 0 aliphatic carbocycles. The number of carbonyl (C=O) groups excluding carboxylic acids is 1. The van der Waals surface area contributed by atoms with Crippen LogP contribution in [-0.4, -0.2) is 47.2 Å². The SMILES string of the molecule is C/C=C1/CN2[C@H]3Cc4c(n(C)c5cc(OC)ccc45)[C@@H]2C[C@@H]1[C@@]3(C=O)CO. The second kappa shape index (κ2) is 5.69. The Labute approximate surface area is 159 Å². The minimum Gasteiger partial charge on any atom is -0.497 e. The minimum absolute atomic E-state index is 0.0626. The van der Waals surface area contributed by atoms with Gasteiger partial charge >= 0.3 is 0 Å². The third-order valence-electron chi connectivity index (χ3n) is 7.48. The Morgan fingerprint density at radius 3 is 2.89 bits per heavy atom. The summed E-state index contributed by atoms with van der Waals surface area (Å²) in [6, 6.07) is 6.61. The average Bonchev–Trinajstić information content (AvgIpc) is 2.99. The van der Waals surface area contributed by atoms with Crippen LogP contribution in [-0.2, 0) is 18.3 Å². The molecule has 4 aliphatic rings. The first-order chi connectivity index (χ1) is 13.1. The zero-order valence-electron chi connectivity index (χ0n) is 16.1. The quantitative estimate of drug-likeness (QED) is 0.670. The largest absolute Gasteiger partial charge is 0.497 e. The Bertz CT molecular complexity index is 976. The van der Waals surface area contributed by atoms with Crippen molar-refractivity contribution < 1.29 is 14.6 Å². The van der Waals surface area contributed by atoms with Crippen molar-refractivity contribution in [1.82, 2.24) is 9.47 Å². The molecule has 3 saturated heterocycles. The van der Waals surface area contributed by atoms with Crippen LogP contribution in [0.3, 0.4) is 0 Å². The van der Waals surface area contributed by atoms with E-state index >= 15 is 0 Å². The lowest BCUT2D eigenvalue weighted by atomic mass is 9.56. The van der Waals surface area contributed by atoms with Gasteiger partial charge in [-0.25, -0.2) is 0 Å². The van der Waals surface area contributed by atoms with Crippen molar-refractivity contribution in [3.05, 3.63) is 41.1 Å². The zero-order chi connectivity index (χ0) is 18.9. The summed E-state index contributed by atoms with van der Waals surface area (Å²) in [5, 5.41) is 11.6. The molecular formula is C22H26N2O3. The van der Waals surface area contributed by atoms with Crippen LogP contribution in [0.15, 0.2) is 29.8 Å². The maximum atomic E-state index is 12.3. The van der Waals surface area contributed by atoms with E-state index < -0.39 is 5.41 Å². The summed E-state index contributed by atoms with van der Waals surface area (Å²) in [5.74, 6) is 0.991. The maximum absolute atomic E-state index is 12.3. The smallest absolute Gasteiger partial charge is 0.130 e. The molecule has 0 spiro atoms. The first-order valence-corrected chi connectivity index (χ1v) is 9.72. The summed E-state index contributed by atoms with van der Waals surface area (Å²) in [7, 11) is 3.83. The van der Waals surface area contributed by atoms with Gasteiger partial charge in [-0.2, -0.15) is 0 Å². The van der Waals surface area contributed by atoms with Gasteiger partial charge in [0.1, 0.15) is 12.0 Å². The number of allylic oxidation sites excluding steroid dienone is 1. The van der Waals surface area contributed by atoms with E-state index in [1.807, 2.05) is 13.0 Å². The number of piperidine rings is 3. The average molecular weight is 366 g/mol. The van der Waals surface area contributed by atoms with Crippen LogP contribution in [0.1, 0.15) is 30.6 Å². The number of aldehydes is 1. The first-order valence-electron chi connectivity index (χ1n) is 9.72. The highest BCUT2D eigenvalue weighted by Crippen LogP contribution is 2.58. The van der Waals surface area contributed by atoms with Crippen molar-refractivity contribution >= 4 is 17.2 Å². The molecule has 0 radical (unpaired) electrons. The molecule has 1 aromatic heterocycles. The second-order valence-corrected chi connectivity index (χ2v) is 8.25. The van der Waals surface area contributed by atoms with Crippen molar-refractivity contribution in [2.75, 3.05) is 20.3 Å².